The van der Waals surface area contributed by atoms with Crippen LogP contribution >= 0.6 is 0 Å². The number of nitrogens with zero attached hydrogens (tertiary/aromatic N) is 1. The summed E-state index contributed by atoms with van der Waals surface area (Å²) < 4.78 is 5.40. The van der Waals surface area contributed by atoms with Crippen molar-refractivity contribution in [2.75, 3.05) is 6.61 Å². The van der Waals surface area contributed by atoms with E-state index >= 15 is 0 Å². The number of carbonyl (C=O) groups excluding carboxylic acids is 1. The van der Waals surface area contributed by atoms with Crippen molar-refractivity contribution in [3.05, 3.63) is 68.1 Å². The number of hydrogen-bond acceptors (Lipinski definition) is 5. The number of nitro groups is 1. The first kappa shape index (κ1) is 19.2. The van der Waals surface area contributed by atoms with Gasteiger partial charge in [0.05, 0.1) is 24.5 Å². The van der Waals surface area contributed by atoms with Gasteiger partial charge in [0.15, 0.2) is 5.75 Å². The van der Waals surface area contributed by atoms with Gasteiger partial charge >= 0.3 is 0 Å². The van der Waals surface area contributed by atoms with E-state index in [2.05, 4.69) is 10.3 Å². The van der Waals surface area contributed by atoms with E-state index in [9.17, 15) is 19.7 Å². The van der Waals surface area contributed by atoms with Gasteiger partial charge < -0.3 is 15.0 Å². The van der Waals surface area contributed by atoms with Gasteiger partial charge in [0.1, 0.15) is 0 Å². The van der Waals surface area contributed by atoms with Crippen molar-refractivity contribution in [1.82, 2.24) is 10.3 Å². The van der Waals surface area contributed by atoms with E-state index in [-0.39, 0.29) is 35.7 Å². The number of para-hydroxylation sites is 1. The molecule has 1 aromatic heterocycles. The average Bonchev–Trinajstić information content (AvgIpc) is 2.59. The highest BCUT2D eigenvalue weighted by atomic mass is 16.6. The van der Waals surface area contributed by atoms with E-state index < -0.39 is 4.92 Å². The highest BCUT2D eigenvalue weighted by Crippen LogP contribution is 2.18. The Labute approximate surface area is 150 Å². The molecule has 2 N–H and O–H groups in total. The van der Waals surface area contributed by atoms with Crippen LogP contribution in [0.25, 0.3) is 0 Å². The lowest BCUT2D eigenvalue weighted by molar-refractivity contribution is -0.385. The summed E-state index contributed by atoms with van der Waals surface area (Å²) in [5.41, 5.74) is 0.485. The highest BCUT2D eigenvalue weighted by molar-refractivity contribution is 5.79. The molecule has 1 amide bonds. The number of carbonyl (C=O) groups is 1. The van der Waals surface area contributed by atoms with E-state index in [0.717, 1.165) is 0 Å². The summed E-state index contributed by atoms with van der Waals surface area (Å²) in [5.74, 6) is 0.157. The molecule has 2 aromatic rings. The Morgan fingerprint density at radius 3 is 2.73 bits per heavy atom. The Morgan fingerprint density at radius 2 is 2.08 bits per heavy atom. The molecule has 1 heterocycles. The molecule has 0 atom stereocenters. The Hall–Kier alpha value is -3.16. The third-order valence-electron chi connectivity index (χ3n) is 3.52. The minimum Gasteiger partial charge on any atom is -0.488 e. The molecule has 138 valence electrons. The number of rotatable bonds is 8. The summed E-state index contributed by atoms with van der Waals surface area (Å²) in [6.45, 7) is 4.51. The van der Waals surface area contributed by atoms with Gasteiger partial charge in [-0.05, 0) is 5.92 Å². The number of ether oxygens (including phenoxy) is 1. The zero-order valence-electron chi connectivity index (χ0n) is 14.7. The van der Waals surface area contributed by atoms with Crippen LogP contribution in [0, 0.1) is 16.0 Å². The monoisotopic (exact) mass is 359 g/mol. The average molecular weight is 359 g/mol. The predicted octanol–water partition coefficient (Wildman–Crippen LogP) is 2.18. The summed E-state index contributed by atoms with van der Waals surface area (Å²) in [4.78, 5) is 37.4. The topological polar surface area (TPSA) is 114 Å². The second-order valence-corrected chi connectivity index (χ2v) is 6.23. The fourth-order valence-electron chi connectivity index (χ4n) is 2.24. The van der Waals surface area contributed by atoms with Gasteiger partial charge in [0, 0.05) is 29.6 Å². The van der Waals surface area contributed by atoms with Crippen LogP contribution in [0.5, 0.6) is 5.75 Å². The van der Waals surface area contributed by atoms with Gasteiger partial charge in [0.25, 0.3) is 5.69 Å². The standard InChI is InChI=1S/C18H21N3O5/c1-12(2)11-26-17-10-19-14(8-16(17)22)9-20-18(23)7-13-5-3-4-6-15(13)21(24)25/h3-6,8,10,12H,7,9,11H2,1-2H3,(H,19,22)(H,20,23). The van der Waals surface area contributed by atoms with Crippen LogP contribution in [-0.2, 0) is 17.8 Å². The van der Waals surface area contributed by atoms with Crippen LogP contribution in [0.2, 0.25) is 0 Å². The normalized spacial score (nSPS) is 10.6. The summed E-state index contributed by atoms with van der Waals surface area (Å²) in [7, 11) is 0. The van der Waals surface area contributed by atoms with Gasteiger partial charge in [-0.2, -0.15) is 0 Å². The first-order chi connectivity index (χ1) is 12.4. The van der Waals surface area contributed by atoms with Gasteiger partial charge in [-0.1, -0.05) is 32.0 Å². The van der Waals surface area contributed by atoms with Crippen molar-refractivity contribution in [3.8, 4) is 5.75 Å². The molecule has 0 aliphatic rings. The molecule has 0 aliphatic carbocycles. The number of amides is 1. The SMILES string of the molecule is CC(C)COc1c[nH]c(CNC(=O)Cc2ccccc2[N+](=O)[O-])cc1=O. The van der Waals surface area contributed by atoms with E-state index in [0.29, 0.717) is 23.8 Å². The van der Waals surface area contributed by atoms with Crippen LogP contribution in [0.15, 0.2) is 41.3 Å². The van der Waals surface area contributed by atoms with Crippen molar-refractivity contribution in [3.63, 3.8) is 0 Å². The van der Waals surface area contributed by atoms with Crippen molar-refractivity contribution in [2.24, 2.45) is 5.92 Å². The van der Waals surface area contributed by atoms with Crippen molar-refractivity contribution >= 4 is 11.6 Å². The molecule has 0 radical (unpaired) electrons. The van der Waals surface area contributed by atoms with Crippen molar-refractivity contribution in [1.29, 1.82) is 0 Å². The van der Waals surface area contributed by atoms with Crippen LogP contribution in [0.4, 0.5) is 5.69 Å². The largest absolute Gasteiger partial charge is 0.488 e. The van der Waals surface area contributed by atoms with Crippen molar-refractivity contribution in [2.45, 2.75) is 26.8 Å². The minimum absolute atomic E-state index is 0.0947. The number of benzene rings is 1. The zero-order valence-corrected chi connectivity index (χ0v) is 14.7. The van der Waals surface area contributed by atoms with Gasteiger partial charge in [-0.25, -0.2) is 0 Å². The highest BCUT2D eigenvalue weighted by Gasteiger charge is 2.15. The minimum atomic E-state index is -0.518. The number of nitro benzene ring substituents is 1. The summed E-state index contributed by atoms with van der Waals surface area (Å²) in [6.07, 6.45) is 1.35. The number of H-pyrrole nitrogens is 1. The molecule has 1 aromatic carbocycles. The summed E-state index contributed by atoms with van der Waals surface area (Å²) >= 11 is 0. The lowest BCUT2D eigenvalue weighted by Gasteiger charge is -2.09. The first-order valence-electron chi connectivity index (χ1n) is 8.20. The van der Waals surface area contributed by atoms with Crippen LogP contribution in [-0.4, -0.2) is 22.4 Å². The molecule has 8 heteroatoms. The fraction of sp³-hybridized carbons (Fsp3) is 0.333. The van der Waals surface area contributed by atoms with Gasteiger partial charge in [-0.15, -0.1) is 0 Å². The maximum absolute atomic E-state index is 12.0. The number of nitrogens with one attached hydrogen (secondary N) is 2. The molecule has 0 unspecified atom stereocenters. The molecule has 2 rings (SSSR count). The molecule has 0 spiro atoms. The van der Waals surface area contributed by atoms with Gasteiger partial charge in [-0.3, -0.25) is 19.7 Å². The molecular weight excluding hydrogens is 338 g/mol. The number of pyridine rings is 1. The Morgan fingerprint density at radius 1 is 1.35 bits per heavy atom. The summed E-state index contributed by atoms with van der Waals surface area (Å²) in [6, 6.07) is 7.45. The van der Waals surface area contributed by atoms with Crippen LogP contribution < -0.4 is 15.5 Å². The molecule has 0 bridgehead atoms. The van der Waals surface area contributed by atoms with Gasteiger partial charge in [0.2, 0.25) is 11.3 Å². The van der Waals surface area contributed by atoms with Crippen LogP contribution in [0.1, 0.15) is 25.1 Å². The van der Waals surface area contributed by atoms with Crippen molar-refractivity contribution < 1.29 is 14.5 Å². The second kappa shape index (κ2) is 8.80. The third kappa shape index (κ3) is 5.44. The van der Waals surface area contributed by atoms with Crippen LogP contribution in [0.3, 0.4) is 0 Å². The van der Waals surface area contributed by atoms with E-state index in [1.54, 1.807) is 18.2 Å². The lowest BCUT2D eigenvalue weighted by atomic mass is 10.1. The molecule has 26 heavy (non-hydrogen) atoms. The summed E-state index contributed by atoms with van der Waals surface area (Å²) in [5, 5.41) is 13.6. The predicted molar refractivity (Wildman–Crippen MR) is 96.0 cm³/mol. The molecule has 8 nitrogen and oxygen atoms in total. The smallest absolute Gasteiger partial charge is 0.273 e. The van der Waals surface area contributed by atoms with E-state index in [1.165, 1.54) is 18.3 Å². The Balaban J connectivity index is 1.94. The number of aromatic nitrogens is 1. The quantitative estimate of drug-likeness (QED) is 0.554. The lowest BCUT2D eigenvalue weighted by Crippen LogP contribution is -2.26. The molecule has 0 saturated heterocycles. The second-order valence-electron chi connectivity index (χ2n) is 6.23. The Kier molecular flexibility index (Phi) is 6.48. The van der Waals surface area contributed by atoms with E-state index in [1.807, 2.05) is 13.8 Å². The molecule has 0 saturated carbocycles. The molecule has 0 aliphatic heterocycles. The number of aromatic amines is 1. The zero-order chi connectivity index (χ0) is 19.1. The molecular formula is C18H21N3O5. The first-order valence-corrected chi connectivity index (χ1v) is 8.20. The maximum atomic E-state index is 12.0. The number of hydrogen-bond donors (Lipinski definition) is 2. The fourth-order valence-corrected chi connectivity index (χ4v) is 2.24. The third-order valence-corrected chi connectivity index (χ3v) is 3.52. The Bertz CT molecular complexity index is 845. The maximum Gasteiger partial charge on any atom is 0.273 e. The molecule has 0 fully saturated rings. The van der Waals surface area contributed by atoms with E-state index in [4.69, 9.17) is 4.74 Å².